The fourth-order valence-corrected chi connectivity index (χ4v) is 4.49. The van der Waals surface area contributed by atoms with E-state index in [0.717, 1.165) is 38.1 Å². The summed E-state index contributed by atoms with van der Waals surface area (Å²) in [6.45, 7) is 4.66. The van der Waals surface area contributed by atoms with Gasteiger partial charge in [-0.3, -0.25) is 4.57 Å². The van der Waals surface area contributed by atoms with Gasteiger partial charge in [0.2, 0.25) is 0 Å². The number of aromatic amines is 1. The van der Waals surface area contributed by atoms with Gasteiger partial charge in [-0.05, 0) is 56.2 Å². The molecule has 2 heterocycles. The Morgan fingerprint density at radius 2 is 1.96 bits per heavy atom. The van der Waals surface area contributed by atoms with Gasteiger partial charge >= 0.3 is 5.69 Å². The highest BCUT2D eigenvalue weighted by Crippen LogP contribution is 2.35. The van der Waals surface area contributed by atoms with Crippen LogP contribution >= 0.6 is 0 Å². The topological polar surface area (TPSA) is 50.3 Å². The smallest absolute Gasteiger partial charge is 0.326 e. The van der Waals surface area contributed by atoms with Crippen LogP contribution in [0.4, 0.5) is 4.39 Å². The van der Waals surface area contributed by atoms with Gasteiger partial charge in [0.15, 0.2) is 0 Å². The average molecular weight is 347 g/mol. The van der Waals surface area contributed by atoms with Gasteiger partial charge in [0.05, 0.1) is 11.0 Å². The second-order valence-corrected chi connectivity index (χ2v) is 7.63. The molecule has 0 amide bonds. The summed E-state index contributed by atoms with van der Waals surface area (Å²) in [5.74, 6) is 0.438. The number of fused-ring (bicyclic) bond motifs is 1. The highest BCUT2D eigenvalue weighted by atomic mass is 19.1. The molecule has 1 aliphatic heterocycles. The third-order valence-electron chi connectivity index (χ3n) is 5.99. The maximum atomic E-state index is 13.8. The molecule has 1 aliphatic carbocycles. The molecule has 0 bridgehead atoms. The van der Waals surface area contributed by atoms with Crippen molar-refractivity contribution in [3.8, 4) is 0 Å². The van der Waals surface area contributed by atoms with Crippen molar-refractivity contribution in [1.29, 1.82) is 0 Å². The molecule has 1 N–H and O–H groups in total. The Balaban J connectivity index is 1.46. The zero-order valence-electron chi connectivity index (χ0n) is 14.9. The number of H-pyrrole nitrogens is 1. The van der Waals surface area contributed by atoms with Gasteiger partial charge in [0.1, 0.15) is 5.82 Å². The van der Waals surface area contributed by atoms with Crippen LogP contribution in [0.15, 0.2) is 16.9 Å². The number of aryl methyl sites for hydroxylation is 1. The molecular weight excluding hydrogens is 321 g/mol. The van der Waals surface area contributed by atoms with Gasteiger partial charge in [-0.1, -0.05) is 0 Å². The monoisotopic (exact) mass is 347 g/mol. The van der Waals surface area contributed by atoms with Crippen molar-refractivity contribution in [2.75, 3.05) is 26.8 Å². The van der Waals surface area contributed by atoms with Gasteiger partial charge in [0.25, 0.3) is 0 Å². The Labute approximate surface area is 146 Å². The van der Waals surface area contributed by atoms with Crippen LogP contribution in [0.5, 0.6) is 0 Å². The first-order chi connectivity index (χ1) is 12.1. The molecule has 1 aromatic heterocycles. The van der Waals surface area contributed by atoms with Crippen molar-refractivity contribution < 1.29 is 9.13 Å². The Kier molecular flexibility index (Phi) is 4.41. The molecule has 2 aromatic rings. The molecule has 1 aromatic carbocycles. The van der Waals surface area contributed by atoms with Crippen LogP contribution in [0.2, 0.25) is 0 Å². The summed E-state index contributed by atoms with van der Waals surface area (Å²) in [7, 11) is 1.77. The summed E-state index contributed by atoms with van der Waals surface area (Å²) >= 11 is 0. The zero-order valence-corrected chi connectivity index (χ0v) is 14.9. The first-order valence-corrected chi connectivity index (χ1v) is 9.20. The molecule has 2 aliphatic rings. The fraction of sp³-hybridized carbons (Fsp3) is 0.632. The minimum absolute atomic E-state index is 0.123. The van der Waals surface area contributed by atoms with E-state index in [2.05, 4.69) is 9.88 Å². The van der Waals surface area contributed by atoms with Gasteiger partial charge in [-0.25, -0.2) is 9.18 Å². The van der Waals surface area contributed by atoms with Crippen LogP contribution in [-0.4, -0.2) is 47.3 Å². The third-order valence-corrected chi connectivity index (χ3v) is 5.99. The molecule has 2 fully saturated rings. The van der Waals surface area contributed by atoms with Crippen LogP contribution in [-0.2, 0) is 4.74 Å². The first kappa shape index (κ1) is 16.8. The molecule has 0 radical (unpaired) electrons. The molecule has 4 rings (SSSR count). The number of aromatic nitrogens is 2. The van der Waals surface area contributed by atoms with Gasteiger partial charge in [-0.15, -0.1) is 0 Å². The van der Waals surface area contributed by atoms with E-state index in [1.165, 1.54) is 18.9 Å². The number of ether oxygens (including phenoxy) is 1. The van der Waals surface area contributed by atoms with Crippen LogP contribution in [0.3, 0.4) is 0 Å². The highest BCUT2D eigenvalue weighted by molar-refractivity contribution is 5.76. The summed E-state index contributed by atoms with van der Waals surface area (Å²) in [5, 5.41) is 0. The lowest BCUT2D eigenvalue weighted by molar-refractivity contribution is 0.0148. The maximum absolute atomic E-state index is 13.8. The lowest BCUT2D eigenvalue weighted by Gasteiger charge is -2.45. The van der Waals surface area contributed by atoms with E-state index in [1.807, 2.05) is 4.57 Å². The Bertz CT molecular complexity index is 814. The van der Waals surface area contributed by atoms with Crippen LogP contribution < -0.4 is 5.69 Å². The molecule has 6 heteroatoms. The van der Waals surface area contributed by atoms with Crippen molar-refractivity contribution in [3.05, 3.63) is 34.0 Å². The Hall–Kier alpha value is -1.66. The number of nitrogens with zero attached hydrogens (tertiary/aromatic N) is 2. The molecule has 0 unspecified atom stereocenters. The van der Waals surface area contributed by atoms with Gasteiger partial charge in [0, 0.05) is 38.9 Å². The molecule has 1 saturated heterocycles. The third kappa shape index (κ3) is 3.02. The number of piperidine rings is 1. The second-order valence-electron chi connectivity index (χ2n) is 7.63. The molecule has 136 valence electrons. The molecule has 1 saturated carbocycles. The summed E-state index contributed by atoms with van der Waals surface area (Å²) < 4.78 is 20.8. The van der Waals surface area contributed by atoms with Crippen LogP contribution in [0, 0.1) is 18.7 Å². The van der Waals surface area contributed by atoms with Crippen LogP contribution in [0.1, 0.15) is 37.3 Å². The maximum Gasteiger partial charge on any atom is 0.326 e. The standard InChI is InChI=1S/C19H26FN3O2/c1-12-7-18-17(10-16(12)20)21-19(24)23(18)14-3-5-22(6-4-14)15-8-13(9-15)11-25-2/h7,10,13-15H,3-6,8-9,11H2,1-2H3,(H,21,24). The lowest BCUT2D eigenvalue weighted by Crippen LogP contribution is -2.49. The number of halogens is 1. The summed E-state index contributed by atoms with van der Waals surface area (Å²) in [6.07, 6.45) is 4.39. The summed E-state index contributed by atoms with van der Waals surface area (Å²) in [4.78, 5) is 17.8. The fourth-order valence-electron chi connectivity index (χ4n) is 4.49. The van der Waals surface area contributed by atoms with E-state index in [0.29, 0.717) is 23.0 Å². The number of methoxy groups -OCH3 is 1. The minimum atomic E-state index is -0.272. The number of hydrogen-bond donors (Lipinski definition) is 1. The van der Waals surface area contributed by atoms with Crippen molar-refractivity contribution in [3.63, 3.8) is 0 Å². The molecular formula is C19H26FN3O2. The van der Waals surface area contributed by atoms with Gasteiger partial charge in [-0.2, -0.15) is 0 Å². The van der Waals surface area contributed by atoms with E-state index in [1.54, 1.807) is 20.1 Å². The Morgan fingerprint density at radius 1 is 1.24 bits per heavy atom. The summed E-state index contributed by atoms with van der Waals surface area (Å²) in [5.41, 5.74) is 1.88. The number of hydrogen-bond acceptors (Lipinski definition) is 3. The predicted octanol–water partition coefficient (Wildman–Crippen LogP) is 2.84. The van der Waals surface area contributed by atoms with Gasteiger partial charge < -0.3 is 14.6 Å². The number of imidazole rings is 1. The number of likely N-dealkylation sites (tertiary alicyclic amines) is 1. The predicted molar refractivity (Wildman–Crippen MR) is 95.5 cm³/mol. The average Bonchev–Trinajstić information content (AvgIpc) is 2.86. The van der Waals surface area contributed by atoms with Crippen LogP contribution in [0.25, 0.3) is 11.0 Å². The highest BCUT2D eigenvalue weighted by Gasteiger charge is 2.35. The zero-order chi connectivity index (χ0) is 17.6. The largest absolute Gasteiger partial charge is 0.384 e. The molecule has 25 heavy (non-hydrogen) atoms. The van der Waals surface area contributed by atoms with Crippen molar-refractivity contribution >= 4 is 11.0 Å². The van der Waals surface area contributed by atoms with Crippen molar-refractivity contribution in [1.82, 2.24) is 14.5 Å². The molecule has 0 atom stereocenters. The number of benzene rings is 1. The van der Waals surface area contributed by atoms with Crippen molar-refractivity contribution in [2.24, 2.45) is 5.92 Å². The lowest BCUT2D eigenvalue weighted by atomic mass is 9.79. The van der Waals surface area contributed by atoms with E-state index in [-0.39, 0.29) is 17.5 Å². The number of rotatable bonds is 4. The number of nitrogens with one attached hydrogen (secondary N) is 1. The second kappa shape index (κ2) is 6.57. The van der Waals surface area contributed by atoms with E-state index < -0.39 is 0 Å². The molecule has 0 spiro atoms. The SMILES string of the molecule is COCC1CC(N2CCC(n3c(=O)[nH]c4cc(F)c(C)cc43)CC2)C1. The normalized spacial score (nSPS) is 25.4. The quantitative estimate of drug-likeness (QED) is 0.925. The van der Waals surface area contributed by atoms with Crippen molar-refractivity contribution in [2.45, 2.75) is 44.7 Å². The van der Waals surface area contributed by atoms with E-state index in [9.17, 15) is 9.18 Å². The Morgan fingerprint density at radius 3 is 2.64 bits per heavy atom. The van der Waals surface area contributed by atoms with E-state index >= 15 is 0 Å². The molecule has 5 nitrogen and oxygen atoms in total. The first-order valence-electron chi connectivity index (χ1n) is 9.20. The summed E-state index contributed by atoms with van der Waals surface area (Å²) in [6, 6.07) is 4.09. The minimum Gasteiger partial charge on any atom is -0.384 e. The van der Waals surface area contributed by atoms with E-state index in [4.69, 9.17) is 4.74 Å².